The first-order valence-corrected chi connectivity index (χ1v) is 12.4. The van der Waals surface area contributed by atoms with Gasteiger partial charge >= 0.3 is 6.18 Å². The molecule has 0 spiro atoms. The van der Waals surface area contributed by atoms with Crippen molar-refractivity contribution in [3.05, 3.63) is 78.0 Å². The summed E-state index contributed by atoms with van der Waals surface area (Å²) in [5.74, 6) is 0.394. The summed E-state index contributed by atoms with van der Waals surface area (Å²) in [6.07, 6.45) is -4.51. The van der Waals surface area contributed by atoms with E-state index < -0.39 is 11.7 Å². The molecule has 0 N–H and O–H groups in total. The highest BCUT2D eigenvalue weighted by Gasteiger charge is 2.34. The zero-order valence-electron chi connectivity index (χ0n) is 18.7. The normalized spacial score (nSPS) is 12.9. The van der Waals surface area contributed by atoms with Crippen LogP contribution in [0.1, 0.15) is 11.3 Å². The second kappa shape index (κ2) is 9.13. The summed E-state index contributed by atoms with van der Waals surface area (Å²) in [6.45, 7) is 1.88. The number of alkyl halides is 3. The lowest BCUT2D eigenvalue weighted by atomic mass is 10.1. The largest absolute Gasteiger partial charge is 0.497 e. The summed E-state index contributed by atoms with van der Waals surface area (Å²) in [5.41, 5.74) is 1.61. The average Bonchev–Trinajstić information content (AvgIpc) is 2.84. The molecule has 0 atom stereocenters. The van der Waals surface area contributed by atoms with Gasteiger partial charge in [-0.2, -0.15) is 13.2 Å². The van der Waals surface area contributed by atoms with Crippen LogP contribution in [0.2, 0.25) is 0 Å². The van der Waals surface area contributed by atoms with Gasteiger partial charge < -0.3 is 4.74 Å². The van der Waals surface area contributed by atoms with Gasteiger partial charge in [-0.05, 0) is 61.5 Å². The molecule has 5 rings (SSSR count). The van der Waals surface area contributed by atoms with Crippen LogP contribution in [0.15, 0.2) is 81.4 Å². The van der Waals surface area contributed by atoms with Crippen molar-refractivity contribution in [1.29, 1.82) is 0 Å². The van der Waals surface area contributed by atoms with E-state index in [4.69, 9.17) is 4.74 Å². The summed E-state index contributed by atoms with van der Waals surface area (Å²) in [7, 11) is 1.58. The number of methoxy groups -OCH3 is 1. The number of aryl methyl sites for hydroxylation is 1. The molecule has 0 fully saturated rings. The highest BCUT2D eigenvalue weighted by molar-refractivity contribution is 8.00. The number of para-hydroxylation sites is 1. The van der Waals surface area contributed by atoms with Crippen molar-refractivity contribution >= 4 is 51.7 Å². The number of nitrogens with zero attached hydrogens (tertiary/aromatic N) is 2. The third-order valence-electron chi connectivity index (χ3n) is 5.56. The highest BCUT2D eigenvalue weighted by atomic mass is 32.2. The van der Waals surface area contributed by atoms with E-state index in [2.05, 4.69) is 4.98 Å². The number of benzene rings is 3. The Morgan fingerprint density at radius 3 is 2.57 bits per heavy atom. The molecule has 1 aromatic heterocycles. The summed E-state index contributed by atoms with van der Waals surface area (Å²) in [6, 6.07) is 18.2. The fourth-order valence-corrected chi connectivity index (χ4v) is 5.97. The number of carbonyl (C=O) groups is 1. The molecule has 1 aliphatic rings. The van der Waals surface area contributed by atoms with Crippen LogP contribution in [0.25, 0.3) is 10.9 Å². The lowest BCUT2D eigenvalue weighted by Gasteiger charge is -2.31. The lowest BCUT2D eigenvalue weighted by Crippen LogP contribution is -2.30. The number of hydrogen-bond acceptors (Lipinski definition) is 5. The topological polar surface area (TPSA) is 42.4 Å². The van der Waals surface area contributed by atoms with Gasteiger partial charge in [-0.15, -0.1) is 11.8 Å². The molecule has 2 heterocycles. The van der Waals surface area contributed by atoms with E-state index in [0.29, 0.717) is 16.3 Å². The van der Waals surface area contributed by atoms with Gasteiger partial charge in [-0.1, -0.05) is 23.9 Å². The number of pyridine rings is 1. The Morgan fingerprint density at radius 2 is 1.80 bits per heavy atom. The number of ether oxygens (including phenoxy) is 1. The van der Waals surface area contributed by atoms with Crippen molar-refractivity contribution in [2.24, 2.45) is 0 Å². The third-order valence-corrected chi connectivity index (χ3v) is 7.73. The van der Waals surface area contributed by atoms with Crippen LogP contribution < -0.4 is 9.64 Å². The molecule has 3 aromatic carbocycles. The maximum absolute atomic E-state index is 13.6. The minimum atomic E-state index is -4.51. The van der Waals surface area contributed by atoms with Crippen LogP contribution in [0.5, 0.6) is 5.75 Å². The Morgan fingerprint density at radius 1 is 1.03 bits per heavy atom. The van der Waals surface area contributed by atoms with E-state index in [1.807, 2.05) is 43.3 Å². The molecule has 0 radical (unpaired) electrons. The second-order valence-corrected chi connectivity index (χ2v) is 10.0. The predicted molar refractivity (Wildman–Crippen MR) is 133 cm³/mol. The summed E-state index contributed by atoms with van der Waals surface area (Å²) in [5, 5.41) is 0.849. The first-order chi connectivity index (χ1) is 16.7. The molecule has 9 heteroatoms. The maximum Gasteiger partial charge on any atom is 0.416 e. The van der Waals surface area contributed by atoms with E-state index in [1.54, 1.807) is 19.2 Å². The smallest absolute Gasteiger partial charge is 0.416 e. The average molecular weight is 513 g/mol. The number of amides is 1. The molecule has 0 saturated carbocycles. The quantitative estimate of drug-likeness (QED) is 0.265. The molecule has 35 heavy (non-hydrogen) atoms. The van der Waals surface area contributed by atoms with Crippen molar-refractivity contribution in [3.63, 3.8) is 0 Å². The van der Waals surface area contributed by atoms with Gasteiger partial charge in [0.1, 0.15) is 5.75 Å². The van der Waals surface area contributed by atoms with E-state index in [0.717, 1.165) is 38.5 Å². The monoisotopic (exact) mass is 512 g/mol. The zero-order chi connectivity index (χ0) is 24.7. The number of hydrogen-bond donors (Lipinski definition) is 0. The zero-order valence-corrected chi connectivity index (χ0v) is 20.4. The number of fused-ring (bicyclic) bond motifs is 3. The van der Waals surface area contributed by atoms with Crippen molar-refractivity contribution in [2.75, 3.05) is 17.8 Å². The predicted octanol–water partition coefficient (Wildman–Crippen LogP) is 7.49. The Hall–Kier alpha value is -3.17. The number of thioether (sulfide) groups is 1. The first kappa shape index (κ1) is 23.6. The minimum Gasteiger partial charge on any atom is -0.497 e. The fraction of sp³-hybridized carbons (Fsp3) is 0.154. The number of halogens is 3. The number of aromatic nitrogens is 1. The molecule has 0 aliphatic carbocycles. The Kier molecular flexibility index (Phi) is 6.14. The van der Waals surface area contributed by atoms with Crippen molar-refractivity contribution < 1.29 is 22.7 Å². The van der Waals surface area contributed by atoms with Crippen LogP contribution >= 0.6 is 23.5 Å². The SMILES string of the molecule is COc1ccc2nc(C)cc(SCC(=O)N3c4ccccc4Sc4ccc(C(F)(F)F)cc43)c2c1. The number of anilines is 2. The molecular weight excluding hydrogens is 493 g/mol. The Labute approximate surface area is 208 Å². The van der Waals surface area contributed by atoms with Crippen LogP contribution in [0, 0.1) is 6.92 Å². The molecule has 1 amide bonds. The van der Waals surface area contributed by atoms with E-state index in [-0.39, 0.29) is 17.3 Å². The van der Waals surface area contributed by atoms with Crippen LogP contribution in [0.3, 0.4) is 0 Å². The molecule has 4 nitrogen and oxygen atoms in total. The van der Waals surface area contributed by atoms with Crippen molar-refractivity contribution in [2.45, 2.75) is 27.8 Å². The third kappa shape index (κ3) is 4.58. The van der Waals surface area contributed by atoms with Crippen LogP contribution in [-0.4, -0.2) is 23.8 Å². The summed E-state index contributed by atoms with van der Waals surface area (Å²) >= 11 is 2.68. The van der Waals surface area contributed by atoms with Gasteiger partial charge in [0.2, 0.25) is 5.91 Å². The molecule has 1 aliphatic heterocycles. The summed E-state index contributed by atoms with van der Waals surface area (Å²) in [4.78, 5) is 21.8. The summed E-state index contributed by atoms with van der Waals surface area (Å²) < 4.78 is 45.7. The van der Waals surface area contributed by atoms with Gasteiger partial charge in [-0.25, -0.2) is 0 Å². The molecule has 178 valence electrons. The molecule has 0 bridgehead atoms. The van der Waals surface area contributed by atoms with Gasteiger partial charge in [0.15, 0.2) is 0 Å². The van der Waals surface area contributed by atoms with E-state index in [9.17, 15) is 18.0 Å². The fourth-order valence-electron chi connectivity index (χ4n) is 3.95. The number of carbonyl (C=O) groups excluding carboxylic acids is 1. The Bertz CT molecular complexity index is 1460. The molecule has 0 unspecified atom stereocenters. The minimum absolute atomic E-state index is 0.0322. The first-order valence-electron chi connectivity index (χ1n) is 10.6. The lowest BCUT2D eigenvalue weighted by molar-refractivity contribution is -0.137. The van der Waals surface area contributed by atoms with Crippen molar-refractivity contribution in [1.82, 2.24) is 4.98 Å². The van der Waals surface area contributed by atoms with Crippen LogP contribution in [-0.2, 0) is 11.0 Å². The maximum atomic E-state index is 13.6. The van der Waals surface area contributed by atoms with E-state index in [1.165, 1.54) is 34.5 Å². The van der Waals surface area contributed by atoms with Crippen LogP contribution in [0.4, 0.5) is 24.5 Å². The molecule has 4 aromatic rings. The van der Waals surface area contributed by atoms with Gasteiger partial charge in [-0.3, -0.25) is 14.7 Å². The molecule has 0 saturated heterocycles. The van der Waals surface area contributed by atoms with E-state index >= 15 is 0 Å². The Balaban J connectivity index is 1.52. The van der Waals surface area contributed by atoms with Gasteiger partial charge in [0.25, 0.3) is 0 Å². The standard InChI is InChI=1S/C26H19F3N2O2S2/c1-15-11-24(18-13-17(33-2)8-9-19(18)30-15)34-14-25(32)31-20-5-3-4-6-22(20)35-23-10-7-16(12-21(23)31)26(27,28)29/h3-13H,14H2,1-2H3. The number of rotatable bonds is 4. The van der Waals surface area contributed by atoms with Gasteiger partial charge in [0.05, 0.1) is 35.3 Å². The van der Waals surface area contributed by atoms with Gasteiger partial charge in [0, 0.05) is 25.8 Å². The molecular formula is C26H19F3N2O2S2. The second-order valence-electron chi connectivity index (χ2n) is 7.91. The van der Waals surface area contributed by atoms with Crippen molar-refractivity contribution in [3.8, 4) is 5.75 Å². The highest BCUT2D eigenvalue weighted by Crippen LogP contribution is 2.50.